The van der Waals surface area contributed by atoms with E-state index >= 15 is 0 Å². The lowest BCUT2D eigenvalue weighted by Gasteiger charge is -2.54. The van der Waals surface area contributed by atoms with Crippen LogP contribution in [0.5, 0.6) is 0 Å². The smallest absolute Gasteiger partial charge is 0.331 e. The Kier molecular flexibility index (Phi) is 11.5. The van der Waals surface area contributed by atoms with Crippen LogP contribution < -0.4 is 0 Å². The fourth-order valence-corrected chi connectivity index (χ4v) is 8.40. The maximum Gasteiger partial charge on any atom is 0.331 e. The third kappa shape index (κ3) is 9.40. The number of allylic oxidation sites excluding steroid dienone is 2. The van der Waals surface area contributed by atoms with Crippen molar-refractivity contribution in [3.63, 3.8) is 0 Å². The summed E-state index contributed by atoms with van der Waals surface area (Å²) >= 11 is 0. The van der Waals surface area contributed by atoms with Crippen molar-refractivity contribution in [2.24, 2.45) is 0 Å². The molecular weight excluding hydrogens is 556 g/mol. The van der Waals surface area contributed by atoms with Crippen molar-refractivity contribution < 1.29 is 28.7 Å². The Bertz CT molecular complexity index is 917. The van der Waals surface area contributed by atoms with Crippen LogP contribution in [0.2, 0.25) is 0 Å². The topological polar surface area (TPSA) is 77.5 Å². The predicted octanol–water partition coefficient (Wildman–Crippen LogP) is 7.76. The van der Waals surface area contributed by atoms with Crippen LogP contribution >= 0.6 is 0 Å². The van der Waals surface area contributed by atoms with E-state index in [0.717, 1.165) is 25.7 Å². The van der Waals surface area contributed by atoms with E-state index in [4.69, 9.17) is 19.1 Å². The number of carbonyl (C=O) groups is 2. The van der Waals surface area contributed by atoms with Crippen molar-refractivity contribution in [3.8, 4) is 0 Å². The standard InChI is InChI=1S/C36H60N2O6/c1-33(2)23-29(24-34(3,4)37(33)43-27-17-11-9-12-18-27)41-31(39)21-15-16-22-32(40)42-30-25-35(5,6)38(36(7,8)26-30)44-28-19-13-10-14-20-28/h15-16,21-22,27-30H,9-14,17-20,23-26H2,1-8H3/b21-15+,22-16+. The van der Waals surface area contributed by atoms with Gasteiger partial charge in [0.15, 0.2) is 0 Å². The van der Waals surface area contributed by atoms with Crippen molar-refractivity contribution in [3.05, 3.63) is 24.3 Å². The van der Waals surface area contributed by atoms with Gasteiger partial charge < -0.3 is 9.47 Å². The zero-order valence-electron chi connectivity index (χ0n) is 28.9. The molecule has 2 saturated carbocycles. The number of carbonyl (C=O) groups excluding carboxylic acids is 2. The fraction of sp³-hybridized carbons (Fsp3) is 0.833. The van der Waals surface area contributed by atoms with Crippen LogP contribution in [-0.2, 0) is 28.7 Å². The summed E-state index contributed by atoms with van der Waals surface area (Å²) in [4.78, 5) is 38.5. The Morgan fingerprint density at radius 2 is 0.795 bits per heavy atom. The molecule has 4 aliphatic rings. The lowest BCUT2D eigenvalue weighted by Crippen LogP contribution is -2.63. The molecule has 0 radical (unpaired) electrons. The number of esters is 2. The molecule has 250 valence electrons. The summed E-state index contributed by atoms with van der Waals surface area (Å²) in [6, 6.07) is 0. The van der Waals surface area contributed by atoms with Gasteiger partial charge in [-0.1, -0.05) is 50.7 Å². The van der Waals surface area contributed by atoms with Crippen LogP contribution in [0.1, 0.15) is 145 Å². The highest BCUT2D eigenvalue weighted by atomic mass is 16.7. The Morgan fingerprint density at radius 3 is 1.09 bits per heavy atom. The van der Waals surface area contributed by atoms with Gasteiger partial charge in [0.1, 0.15) is 12.2 Å². The molecule has 0 aromatic carbocycles. The largest absolute Gasteiger partial charge is 0.459 e. The van der Waals surface area contributed by atoms with Gasteiger partial charge in [-0.15, -0.1) is 0 Å². The molecule has 0 bridgehead atoms. The van der Waals surface area contributed by atoms with Gasteiger partial charge in [0.05, 0.1) is 12.2 Å². The Labute approximate surface area is 266 Å². The van der Waals surface area contributed by atoms with E-state index in [1.807, 2.05) is 0 Å². The molecule has 2 aliphatic heterocycles. The summed E-state index contributed by atoms with van der Waals surface area (Å²) in [6.45, 7) is 17.3. The highest BCUT2D eigenvalue weighted by Gasteiger charge is 2.50. The fourth-order valence-electron chi connectivity index (χ4n) is 8.40. The lowest BCUT2D eigenvalue weighted by molar-refractivity contribution is -0.317. The van der Waals surface area contributed by atoms with E-state index in [9.17, 15) is 9.59 Å². The van der Waals surface area contributed by atoms with E-state index < -0.39 is 11.9 Å². The van der Waals surface area contributed by atoms with Gasteiger partial charge >= 0.3 is 11.9 Å². The van der Waals surface area contributed by atoms with Crippen molar-refractivity contribution >= 4 is 11.9 Å². The number of ether oxygens (including phenoxy) is 2. The normalized spacial score (nSPS) is 27.5. The Morgan fingerprint density at radius 1 is 0.500 bits per heavy atom. The molecule has 4 rings (SSSR count). The van der Waals surface area contributed by atoms with E-state index in [1.165, 1.54) is 50.7 Å². The molecule has 2 heterocycles. The van der Waals surface area contributed by atoms with Gasteiger partial charge in [-0.2, -0.15) is 10.1 Å². The lowest BCUT2D eigenvalue weighted by atomic mass is 9.80. The van der Waals surface area contributed by atoms with Gasteiger partial charge in [0.25, 0.3) is 0 Å². The number of hydrogen-bond donors (Lipinski definition) is 0. The van der Waals surface area contributed by atoms with Gasteiger partial charge in [-0.05, 0) is 81.1 Å². The molecule has 0 unspecified atom stereocenters. The maximum atomic E-state index is 12.7. The minimum atomic E-state index is -0.407. The molecule has 0 amide bonds. The highest BCUT2D eigenvalue weighted by Crippen LogP contribution is 2.43. The van der Waals surface area contributed by atoms with Crippen LogP contribution in [-0.4, -0.2) is 68.6 Å². The van der Waals surface area contributed by atoms with Crippen molar-refractivity contribution in [2.45, 2.75) is 192 Å². The van der Waals surface area contributed by atoms with Crippen molar-refractivity contribution in [1.82, 2.24) is 10.1 Å². The average Bonchev–Trinajstić information content (AvgIpc) is 2.91. The second-order valence-electron chi connectivity index (χ2n) is 16.2. The number of hydroxylamine groups is 4. The van der Waals surface area contributed by atoms with Crippen LogP contribution in [0.15, 0.2) is 24.3 Å². The van der Waals surface area contributed by atoms with Gasteiger partial charge in [-0.25, -0.2) is 9.59 Å². The molecule has 2 aliphatic carbocycles. The minimum absolute atomic E-state index is 0.211. The number of nitrogens with zero attached hydrogens (tertiary/aromatic N) is 2. The van der Waals surface area contributed by atoms with E-state index in [-0.39, 0.29) is 46.6 Å². The molecule has 8 nitrogen and oxygen atoms in total. The first-order valence-corrected chi connectivity index (χ1v) is 17.3. The van der Waals surface area contributed by atoms with E-state index in [2.05, 4.69) is 65.5 Å². The maximum absolute atomic E-state index is 12.7. The van der Waals surface area contributed by atoms with E-state index in [0.29, 0.717) is 25.7 Å². The summed E-state index contributed by atoms with van der Waals surface area (Å²) in [5.74, 6) is -0.815. The average molecular weight is 617 g/mol. The molecule has 0 aromatic rings. The first-order chi connectivity index (χ1) is 20.6. The molecular formula is C36H60N2O6. The second kappa shape index (κ2) is 14.4. The number of rotatable bonds is 9. The zero-order chi connectivity index (χ0) is 32.2. The molecule has 8 heteroatoms. The summed E-state index contributed by atoms with van der Waals surface area (Å²) in [6.07, 6.45) is 20.7. The molecule has 0 aromatic heterocycles. The molecule has 0 atom stereocenters. The van der Waals surface area contributed by atoms with Crippen LogP contribution in [0.25, 0.3) is 0 Å². The summed E-state index contributed by atoms with van der Waals surface area (Å²) in [7, 11) is 0. The summed E-state index contributed by atoms with van der Waals surface area (Å²) in [5.41, 5.74) is -1.06. The number of piperidine rings is 2. The quantitative estimate of drug-likeness (QED) is 0.148. The predicted molar refractivity (Wildman–Crippen MR) is 172 cm³/mol. The SMILES string of the molecule is CC1(C)CC(OC(=O)/C=C/C=C/C(=O)OC2CC(C)(C)N(OC3CCCCC3)C(C)(C)C2)CC(C)(C)N1OC1CCCCC1. The van der Waals surface area contributed by atoms with Crippen molar-refractivity contribution in [1.29, 1.82) is 0 Å². The number of hydrogen-bond acceptors (Lipinski definition) is 8. The van der Waals surface area contributed by atoms with Gasteiger partial charge in [0, 0.05) is 60.0 Å². The molecule has 0 N–H and O–H groups in total. The van der Waals surface area contributed by atoms with Gasteiger partial charge in [-0.3, -0.25) is 9.68 Å². The van der Waals surface area contributed by atoms with Crippen LogP contribution in [0, 0.1) is 0 Å². The monoisotopic (exact) mass is 616 g/mol. The van der Waals surface area contributed by atoms with E-state index in [1.54, 1.807) is 12.2 Å². The summed E-state index contributed by atoms with van der Waals surface area (Å²) in [5, 5.41) is 4.33. The molecule has 4 fully saturated rings. The zero-order valence-corrected chi connectivity index (χ0v) is 28.9. The molecule has 2 saturated heterocycles. The second-order valence-corrected chi connectivity index (χ2v) is 16.2. The Balaban J connectivity index is 1.24. The van der Waals surface area contributed by atoms with Crippen LogP contribution in [0.4, 0.5) is 0 Å². The Hall–Kier alpha value is -1.74. The molecule has 0 spiro atoms. The third-order valence-electron chi connectivity index (χ3n) is 9.86. The van der Waals surface area contributed by atoms with Crippen LogP contribution in [0.3, 0.4) is 0 Å². The first kappa shape index (κ1) is 35.1. The minimum Gasteiger partial charge on any atom is -0.459 e. The first-order valence-electron chi connectivity index (χ1n) is 17.3. The van der Waals surface area contributed by atoms with Gasteiger partial charge in [0.2, 0.25) is 0 Å². The third-order valence-corrected chi connectivity index (χ3v) is 9.86. The van der Waals surface area contributed by atoms with Crippen molar-refractivity contribution in [2.75, 3.05) is 0 Å². The summed E-state index contributed by atoms with van der Waals surface area (Å²) < 4.78 is 11.7. The highest BCUT2D eigenvalue weighted by molar-refractivity contribution is 5.84. The molecule has 44 heavy (non-hydrogen) atoms.